The summed E-state index contributed by atoms with van der Waals surface area (Å²) in [6.07, 6.45) is 6.49. The highest BCUT2D eigenvalue weighted by molar-refractivity contribution is 7.93. The van der Waals surface area contributed by atoms with E-state index in [1.165, 1.54) is 0 Å². The first-order valence-electron chi connectivity index (χ1n) is 13.5. The molecule has 0 radical (unpaired) electrons. The molecule has 0 saturated heterocycles. The normalized spacial score (nSPS) is 11.4. The Morgan fingerprint density at radius 2 is 1.08 bits per heavy atom. The van der Waals surface area contributed by atoms with Crippen molar-refractivity contribution in [1.82, 2.24) is 0 Å². The van der Waals surface area contributed by atoms with Crippen LogP contribution in [-0.2, 0) is 4.57 Å². The molecule has 0 aliphatic heterocycles. The van der Waals surface area contributed by atoms with Gasteiger partial charge in [0.15, 0.2) is 0 Å². The molecule has 0 amide bonds. The Morgan fingerprint density at radius 3 is 1.46 bits per heavy atom. The fourth-order valence-corrected chi connectivity index (χ4v) is 7.22. The number of rotatable bonds is 14. The van der Waals surface area contributed by atoms with Gasteiger partial charge in [0.25, 0.3) is 0 Å². The molecule has 0 fully saturated rings. The monoisotopic (exact) mass is 520 g/mol. The number of aryl methyl sites for hydroxylation is 3. The Bertz CT molecular complexity index is 1130. The molecule has 3 rings (SSSR count). The van der Waals surface area contributed by atoms with Crippen molar-refractivity contribution in [1.29, 1.82) is 0 Å². The number of ether oxygens (including phenoxy) is 2. The highest BCUT2D eigenvalue weighted by Gasteiger charge is 2.38. The Morgan fingerprint density at radius 1 is 0.676 bits per heavy atom. The van der Waals surface area contributed by atoms with Crippen molar-refractivity contribution in [3.8, 4) is 11.5 Å². The quantitative estimate of drug-likeness (QED) is 0.160. The van der Waals surface area contributed by atoms with E-state index in [4.69, 9.17) is 9.47 Å². The van der Waals surface area contributed by atoms with Crippen LogP contribution in [0, 0.1) is 20.8 Å². The van der Waals surface area contributed by atoms with Crippen molar-refractivity contribution in [3.05, 3.63) is 82.9 Å². The van der Waals surface area contributed by atoms with Crippen molar-refractivity contribution in [3.63, 3.8) is 0 Å². The zero-order valence-corrected chi connectivity index (χ0v) is 23.9. The number of hydrogen-bond acceptors (Lipinski definition) is 4. The maximum Gasteiger partial charge on any atom is 0.230 e. The van der Waals surface area contributed by atoms with Crippen molar-refractivity contribution in [2.45, 2.75) is 73.1 Å². The van der Waals surface area contributed by atoms with E-state index < -0.39 is 7.14 Å². The summed E-state index contributed by atoms with van der Waals surface area (Å²) in [7, 11) is -3.67. The van der Waals surface area contributed by atoms with Gasteiger partial charge in [-0.25, -0.2) is 0 Å². The SMILES string of the molecule is CCCCCOc1ccc(P(=O)(C(=O)c2c(C)cc(C)cc2C)c2ccc(OCCCCC)cc2)cc1. The molecule has 0 aliphatic carbocycles. The summed E-state index contributed by atoms with van der Waals surface area (Å²) in [6, 6.07) is 18.4. The number of carbonyl (C=O) groups excluding carboxylic acids is 1. The van der Waals surface area contributed by atoms with Gasteiger partial charge in [0.2, 0.25) is 12.7 Å². The van der Waals surface area contributed by atoms with E-state index >= 15 is 0 Å². The molecular formula is C32H41O4P. The minimum Gasteiger partial charge on any atom is -0.494 e. The van der Waals surface area contributed by atoms with Crippen LogP contribution in [0.4, 0.5) is 0 Å². The molecule has 3 aromatic rings. The van der Waals surface area contributed by atoms with Gasteiger partial charge in [-0.15, -0.1) is 0 Å². The van der Waals surface area contributed by atoms with E-state index in [-0.39, 0.29) is 5.52 Å². The summed E-state index contributed by atoms with van der Waals surface area (Å²) in [5.74, 6) is 1.44. The molecule has 0 heterocycles. The molecule has 5 heteroatoms. The first-order chi connectivity index (χ1) is 17.8. The highest BCUT2D eigenvalue weighted by Crippen LogP contribution is 2.48. The van der Waals surface area contributed by atoms with E-state index in [9.17, 15) is 9.36 Å². The molecule has 3 aromatic carbocycles. The summed E-state index contributed by atoms with van der Waals surface area (Å²) in [6.45, 7) is 11.4. The van der Waals surface area contributed by atoms with Crippen LogP contribution in [0.2, 0.25) is 0 Å². The largest absolute Gasteiger partial charge is 0.494 e. The second-order valence-corrected chi connectivity index (χ2v) is 12.4. The Labute approximate surface area is 222 Å². The maximum atomic E-state index is 14.9. The lowest BCUT2D eigenvalue weighted by atomic mass is 10.0. The molecule has 0 atom stereocenters. The Hall–Kier alpha value is -2.84. The minimum absolute atomic E-state index is 0.337. The van der Waals surface area contributed by atoms with Gasteiger partial charge in [-0.05, 0) is 93.3 Å². The van der Waals surface area contributed by atoms with Gasteiger partial charge >= 0.3 is 0 Å². The van der Waals surface area contributed by atoms with Gasteiger partial charge in [0.05, 0.1) is 13.2 Å². The summed E-state index contributed by atoms with van der Waals surface area (Å²) in [4.78, 5) is 14.2. The first kappa shape index (κ1) is 28.7. The van der Waals surface area contributed by atoms with Gasteiger partial charge in [-0.1, -0.05) is 57.2 Å². The average Bonchev–Trinajstić information content (AvgIpc) is 2.89. The molecule has 0 aromatic heterocycles. The lowest BCUT2D eigenvalue weighted by molar-refractivity contribution is 0.107. The minimum atomic E-state index is -3.67. The van der Waals surface area contributed by atoms with Crippen LogP contribution in [0.5, 0.6) is 11.5 Å². The molecule has 4 nitrogen and oxygen atoms in total. The van der Waals surface area contributed by atoms with Crippen LogP contribution >= 0.6 is 7.14 Å². The molecule has 37 heavy (non-hydrogen) atoms. The molecular weight excluding hydrogens is 479 g/mol. The fraction of sp³-hybridized carbons (Fsp3) is 0.406. The third-order valence-corrected chi connectivity index (χ3v) is 9.46. The smallest absolute Gasteiger partial charge is 0.230 e. The number of carbonyl (C=O) groups is 1. The van der Waals surface area contributed by atoms with Gasteiger partial charge in [-0.2, -0.15) is 0 Å². The molecule has 0 aliphatic rings. The molecule has 0 bridgehead atoms. The van der Waals surface area contributed by atoms with E-state index in [0.29, 0.717) is 29.4 Å². The van der Waals surface area contributed by atoms with E-state index in [2.05, 4.69) is 13.8 Å². The lowest BCUT2D eigenvalue weighted by Crippen LogP contribution is -2.24. The van der Waals surface area contributed by atoms with Gasteiger partial charge in [0, 0.05) is 16.2 Å². The zero-order valence-electron chi connectivity index (χ0n) is 23.0. The van der Waals surface area contributed by atoms with E-state index in [0.717, 1.165) is 66.7 Å². The number of unbranched alkanes of at least 4 members (excludes halogenated alkanes) is 4. The van der Waals surface area contributed by atoms with Gasteiger partial charge < -0.3 is 14.0 Å². The summed E-state index contributed by atoms with van der Waals surface area (Å²) < 4.78 is 26.6. The Kier molecular flexibility index (Phi) is 10.6. The molecule has 198 valence electrons. The molecule has 0 saturated carbocycles. The topological polar surface area (TPSA) is 52.6 Å². The summed E-state index contributed by atoms with van der Waals surface area (Å²) in [5.41, 5.74) is 2.96. The van der Waals surface area contributed by atoms with Crippen LogP contribution < -0.4 is 20.1 Å². The van der Waals surface area contributed by atoms with Crippen LogP contribution in [0.1, 0.15) is 79.4 Å². The predicted octanol–water partition coefficient (Wildman–Crippen LogP) is 7.90. The second-order valence-electron chi connectivity index (χ2n) is 9.79. The second kappa shape index (κ2) is 13.6. The van der Waals surface area contributed by atoms with Gasteiger partial charge in [-0.3, -0.25) is 4.79 Å². The zero-order chi connectivity index (χ0) is 26.8. The number of benzene rings is 3. The lowest BCUT2D eigenvalue weighted by Gasteiger charge is -2.21. The highest BCUT2D eigenvalue weighted by atomic mass is 31.2. The average molecular weight is 521 g/mol. The van der Waals surface area contributed by atoms with Crippen LogP contribution in [0.15, 0.2) is 60.7 Å². The summed E-state index contributed by atoms with van der Waals surface area (Å²) >= 11 is 0. The van der Waals surface area contributed by atoms with Crippen molar-refractivity contribution in [2.75, 3.05) is 13.2 Å². The Balaban J connectivity index is 1.98. The molecule has 0 spiro atoms. The van der Waals surface area contributed by atoms with E-state index in [1.807, 2.05) is 57.2 Å². The van der Waals surface area contributed by atoms with E-state index in [1.54, 1.807) is 24.3 Å². The predicted molar refractivity (Wildman–Crippen MR) is 155 cm³/mol. The third kappa shape index (κ3) is 7.14. The number of hydrogen-bond donors (Lipinski definition) is 0. The van der Waals surface area contributed by atoms with Crippen LogP contribution in [0.25, 0.3) is 0 Å². The van der Waals surface area contributed by atoms with Crippen molar-refractivity contribution in [2.24, 2.45) is 0 Å². The standard InChI is InChI=1S/C32H41O4P/c1-6-8-10-20-35-27-12-16-29(17-13-27)37(34,32(33)31-25(4)22-24(3)23-26(31)5)30-18-14-28(15-19-30)36-21-11-9-7-2/h12-19,22-23H,6-11,20-21H2,1-5H3. The van der Waals surface area contributed by atoms with Crippen molar-refractivity contribution < 1.29 is 18.8 Å². The maximum absolute atomic E-state index is 14.9. The third-order valence-electron chi connectivity index (χ3n) is 6.61. The first-order valence-corrected chi connectivity index (χ1v) is 15.2. The van der Waals surface area contributed by atoms with Crippen LogP contribution in [-0.4, -0.2) is 18.7 Å². The van der Waals surface area contributed by atoms with Gasteiger partial charge in [0.1, 0.15) is 11.5 Å². The van der Waals surface area contributed by atoms with Crippen molar-refractivity contribution >= 4 is 23.3 Å². The fourth-order valence-electron chi connectivity index (χ4n) is 4.65. The molecule has 0 N–H and O–H groups in total. The molecule has 0 unspecified atom stereocenters. The summed E-state index contributed by atoms with van der Waals surface area (Å²) in [5, 5.41) is 1.02. The van der Waals surface area contributed by atoms with Crippen LogP contribution in [0.3, 0.4) is 0 Å².